The second-order valence-electron chi connectivity index (χ2n) is 3.76. The second kappa shape index (κ2) is 5.88. The van der Waals surface area contributed by atoms with Crippen molar-refractivity contribution in [1.29, 1.82) is 0 Å². The molecule has 5 nitrogen and oxygen atoms in total. The summed E-state index contributed by atoms with van der Waals surface area (Å²) in [6, 6.07) is 0. The van der Waals surface area contributed by atoms with E-state index in [-0.39, 0.29) is 26.4 Å². The first-order chi connectivity index (χ1) is 8.10. The topological polar surface area (TPSA) is 93.8 Å². The van der Waals surface area contributed by atoms with Gasteiger partial charge in [0, 0.05) is 11.1 Å². The normalized spacial score (nSPS) is 10.6. The van der Waals surface area contributed by atoms with E-state index in [2.05, 4.69) is 11.6 Å². The Morgan fingerprint density at radius 1 is 0.941 bits per heavy atom. The second-order valence-corrected chi connectivity index (χ2v) is 3.76. The number of hydrogen-bond donors (Lipinski definition) is 4. The van der Waals surface area contributed by atoms with Crippen LogP contribution in [0.25, 0.3) is 5.57 Å². The number of pyridine rings is 1. The van der Waals surface area contributed by atoms with Crippen LogP contribution in [0.1, 0.15) is 35.0 Å². The van der Waals surface area contributed by atoms with Crippen molar-refractivity contribution in [3.63, 3.8) is 0 Å². The van der Waals surface area contributed by atoms with Crippen LogP contribution in [0.15, 0.2) is 6.58 Å². The van der Waals surface area contributed by atoms with Crippen LogP contribution in [-0.2, 0) is 26.4 Å². The predicted molar refractivity (Wildman–Crippen MR) is 62.6 cm³/mol. The zero-order valence-electron chi connectivity index (χ0n) is 9.77. The average molecular weight is 239 g/mol. The molecule has 0 spiro atoms. The number of allylic oxidation sites excluding steroid dienone is 1. The number of aliphatic hydroxyl groups excluding tert-OH is 4. The van der Waals surface area contributed by atoms with Crippen LogP contribution in [0.5, 0.6) is 0 Å². The molecule has 0 aliphatic carbocycles. The minimum absolute atomic E-state index is 0.298. The fraction of sp³-hybridized carbons (Fsp3) is 0.417. The Kier molecular flexibility index (Phi) is 4.77. The summed E-state index contributed by atoms with van der Waals surface area (Å²) in [7, 11) is 0. The van der Waals surface area contributed by atoms with Crippen LogP contribution in [0.4, 0.5) is 0 Å². The molecule has 5 heteroatoms. The molecule has 94 valence electrons. The van der Waals surface area contributed by atoms with Gasteiger partial charge < -0.3 is 20.4 Å². The number of hydrogen-bond acceptors (Lipinski definition) is 5. The minimum Gasteiger partial charge on any atom is -0.392 e. The molecule has 0 unspecified atom stereocenters. The molecular weight excluding hydrogens is 222 g/mol. The molecule has 0 aliphatic heterocycles. The highest BCUT2D eigenvalue weighted by atomic mass is 16.3. The summed E-state index contributed by atoms with van der Waals surface area (Å²) in [5.74, 6) is 0. The Balaban J connectivity index is 3.60. The summed E-state index contributed by atoms with van der Waals surface area (Å²) in [6.45, 7) is 4.15. The van der Waals surface area contributed by atoms with Crippen LogP contribution in [-0.4, -0.2) is 25.4 Å². The standard InChI is InChI=1S/C12H17NO4/c1-7(2)12-10(5-16)8(3-14)9(4-15)11(6-17)13-12/h14-17H,1,3-6H2,2H3. The molecule has 0 amide bonds. The van der Waals surface area contributed by atoms with Gasteiger partial charge in [0.2, 0.25) is 0 Å². The number of aromatic nitrogens is 1. The number of nitrogens with zero attached hydrogens (tertiary/aromatic N) is 1. The van der Waals surface area contributed by atoms with Crippen molar-refractivity contribution in [2.45, 2.75) is 33.4 Å². The van der Waals surface area contributed by atoms with E-state index in [0.29, 0.717) is 33.7 Å². The SMILES string of the molecule is C=C(C)c1nc(CO)c(CO)c(CO)c1CO. The van der Waals surface area contributed by atoms with E-state index in [0.717, 1.165) is 0 Å². The molecule has 1 aromatic heterocycles. The van der Waals surface area contributed by atoms with Crippen LogP contribution in [0, 0.1) is 0 Å². The van der Waals surface area contributed by atoms with Crippen molar-refractivity contribution >= 4 is 5.57 Å². The third-order valence-corrected chi connectivity index (χ3v) is 2.64. The van der Waals surface area contributed by atoms with Crippen molar-refractivity contribution in [3.8, 4) is 0 Å². The Labute approximate surface area is 99.7 Å². The van der Waals surface area contributed by atoms with E-state index < -0.39 is 0 Å². The maximum atomic E-state index is 9.33. The maximum Gasteiger partial charge on any atom is 0.0857 e. The Hall–Kier alpha value is -1.27. The summed E-state index contributed by atoms with van der Waals surface area (Å²) in [5.41, 5.74) is 2.60. The van der Waals surface area contributed by atoms with Crippen LogP contribution in [0.3, 0.4) is 0 Å². The maximum absolute atomic E-state index is 9.33. The minimum atomic E-state index is -0.345. The zero-order valence-corrected chi connectivity index (χ0v) is 9.77. The third kappa shape index (κ3) is 2.53. The number of aliphatic hydroxyl groups is 4. The fourth-order valence-corrected chi connectivity index (χ4v) is 1.80. The molecule has 0 fully saturated rings. The van der Waals surface area contributed by atoms with Crippen LogP contribution >= 0.6 is 0 Å². The van der Waals surface area contributed by atoms with Gasteiger partial charge in [-0.2, -0.15) is 0 Å². The molecule has 0 saturated carbocycles. The molecule has 0 radical (unpaired) electrons. The lowest BCUT2D eigenvalue weighted by atomic mass is 9.97. The van der Waals surface area contributed by atoms with E-state index in [9.17, 15) is 20.4 Å². The van der Waals surface area contributed by atoms with E-state index >= 15 is 0 Å². The molecule has 17 heavy (non-hydrogen) atoms. The van der Waals surface area contributed by atoms with E-state index in [4.69, 9.17) is 0 Å². The summed E-state index contributed by atoms with van der Waals surface area (Å²) >= 11 is 0. The molecular formula is C12H17NO4. The molecule has 1 aromatic rings. The molecule has 0 bridgehead atoms. The molecule has 1 heterocycles. The van der Waals surface area contributed by atoms with E-state index in [1.54, 1.807) is 6.92 Å². The monoisotopic (exact) mass is 239 g/mol. The molecule has 4 N–H and O–H groups in total. The molecule has 0 aromatic carbocycles. The van der Waals surface area contributed by atoms with Gasteiger partial charge >= 0.3 is 0 Å². The van der Waals surface area contributed by atoms with E-state index in [1.807, 2.05) is 0 Å². The Morgan fingerprint density at radius 2 is 1.47 bits per heavy atom. The van der Waals surface area contributed by atoms with Gasteiger partial charge in [-0.15, -0.1) is 0 Å². The van der Waals surface area contributed by atoms with Crippen molar-refractivity contribution in [1.82, 2.24) is 4.98 Å². The van der Waals surface area contributed by atoms with Gasteiger partial charge in [0.25, 0.3) is 0 Å². The smallest absolute Gasteiger partial charge is 0.0857 e. The average Bonchev–Trinajstić information content (AvgIpc) is 2.35. The Morgan fingerprint density at radius 3 is 1.82 bits per heavy atom. The lowest BCUT2D eigenvalue weighted by Gasteiger charge is -2.17. The van der Waals surface area contributed by atoms with Gasteiger partial charge in [-0.1, -0.05) is 6.58 Å². The van der Waals surface area contributed by atoms with Gasteiger partial charge in [0.05, 0.1) is 37.8 Å². The summed E-state index contributed by atoms with van der Waals surface area (Å²) in [4.78, 5) is 4.16. The predicted octanol–water partition coefficient (Wildman–Crippen LogP) is 0.0839. The highest BCUT2D eigenvalue weighted by Crippen LogP contribution is 2.25. The van der Waals surface area contributed by atoms with Crippen molar-refractivity contribution in [3.05, 3.63) is 34.7 Å². The van der Waals surface area contributed by atoms with Gasteiger partial charge in [-0.25, -0.2) is 4.98 Å². The van der Waals surface area contributed by atoms with Crippen molar-refractivity contribution in [2.24, 2.45) is 0 Å². The summed E-state index contributed by atoms with van der Waals surface area (Å²) in [6.07, 6.45) is 0. The van der Waals surface area contributed by atoms with E-state index in [1.165, 1.54) is 0 Å². The largest absolute Gasteiger partial charge is 0.392 e. The first kappa shape index (κ1) is 13.8. The van der Waals surface area contributed by atoms with Gasteiger partial charge in [0.15, 0.2) is 0 Å². The summed E-state index contributed by atoms with van der Waals surface area (Å²) < 4.78 is 0. The van der Waals surface area contributed by atoms with Crippen LogP contribution < -0.4 is 0 Å². The first-order valence-corrected chi connectivity index (χ1v) is 5.23. The van der Waals surface area contributed by atoms with Gasteiger partial charge in [0.1, 0.15) is 0 Å². The molecule has 1 rings (SSSR count). The summed E-state index contributed by atoms with van der Waals surface area (Å²) in [5, 5.41) is 37.1. The molecule has 0 saturated heterocycles. The lowest BCUT2D eigenvalue weighted by Crippen LogP contribution is -2.11. The van der Waals surface area contributed by atoms with Gasteiger partial charge in [-0.05, 0) is 18.1 Å². The third-order valence-electron chi connectivity index (χ3n) is 2.64. The molecule has 0 aliphatic rings. The Bertz CT molecular complexity index is 429. The highest BCUT2D eigenvalue weighted by Gasteiger charge is 2.17. The van der Waals surface area contributed by atoms with Crippen molar-refractivity contribution in [2.75, 3.05) is 0 Å². The van der Waals surface area contributed by atoms with Crippen molar-refractivity contribution < 1.29 is 20.4 Å². The first-order valence-electron chi connectivity index (χ1n) is 5.23. The highest BCUT2D eigenvalue weighted by molar-refractivity contribution is 5.63. The molecule has 0 atom stereocenters. The zero-order chi connectivity index (χ0) is 13.0. The van der Waals surface area contributed by atoms with Crippen LogP contribution in [0.2, 0.25) is 0 Å². The number of rotatable bonds is 5. The van der Waals surface area contributed by atoms with Gasteiger partial charge in [-0.3, -0.25) is 0 Å². The fourth-order valence-electron chi connectivity index (χ4n) is 1.80. The quantitative estimate of drug-likeness (QED) is 0.584. The lowest BCUT2D eigenvalue weighted by molar-refractivity contribution is 0.236.